The predicted molar refractivity (Wildman–Crippen MR) is 63.9 cm³/mol. The highest BCUT2D eigenvalue weighted by Gasteiger charge is 2.22. The molecule has 0 aliphatic rings. The van der Waals surface area contributed by atoms with Crippen LogP contribution >= 0.6 is 0 Å². The van der Waals surface area contributed by atoms with Gasteiger partial charge >= 0.3 is 9.28 Å². The Bertz CT molecular complexity index is 127. The van der Waals surface area contributed by atoms with Gasteiger partial charge in [0.1, 0.15) is 0 Å². The lowest BCUT2D eigenvalue weighted by Gasteiger charge is -2.26. The van der Waals surface area contributed by atoms with Crippen LogP contribution < -0.4 is 0 Å². The second kappa shape index (κ2) is 7.43. The molecule has 0 bridgehead atoms. The zero-order valence-corrected chi connectivity index (χ0v) is 11.7. The van der Waals surface area contributed by atoms with E-state index >= 15 is 0 Å². The van der Waals surface area contributed by atoms with E-state index in [2.05, 4.69) is 41.5 Å². The van der Waals surface area contributed by atoms with E-state index in [1.54, 1.807) is 0 Å². The quantitative estimate of drug-likeness (QED) is 0.611. The van der Waals surface area contributed by atoms with Crippen molar-refractivity contribution in [1.82, 2.24) is 0 Å². The average molecular weight is 218 g/mol. The van der Waals surface area contributed by atoms with Crippen LogP contribution in [0.3, 0.4) is 0 Å². The fourth-order valence-corrected chi connectivity index (χ4v) is 2.99. The van der Waals surface area contributed by atoms with Crippen LogP contribution in [-0.2, 0) is 8.85 Å². The van der Waals surface area contributed by atoms with E-state index in [4.69, 9.17) is 8.85 Å². The summed E-state index contributed by atoms with van der Waals surface area (Å²) in [7, 11) is -1.46. The first-order valence-corrected chi connectivity index (χ1v) is 7.43. The molecular formula is C11H26O2Si. The van der Waals surface area contributed by atoms with Gasteiger partial charge in [0, 0.05) is 12.2 Å². The van der Waals surface area contributed by atoms with Crippen molar-refractivity contribution in [2.24, 2.45) is 0 Å². The van der Waals surface area contributed by atoms with Crippen LogP contribution in [0.1, 0.15) is 54.4 Å². The van der Waals surface area contributed by atoms with Crippen molar-refractivity contribution in [3.8, 4) is 0 Å². The van der Waals surface area contributed by atoms with Crippen molar-refractivity contribution >= 4 is 9.28 Å². The largest absolute Gasteiger partial charge is 0.394 e. The molecular weight excluding hydrogens is 192 g/mol. The van der Waals surface area contributed by atoms with E-state index in [0.29, 0.717) is 17.7 Å². The normalized spacial score (nSPS) is 18.2. The minimum atomic E-state index is -1.46. The van der Waals surface area contributed by atoms with Gasteiger partial charge in [-0.1, -0.05) is 27.7 Å². The highest BCUT2D eigenvalue weighted by Crippen LogP contribution is 2.16. The fraction of sp³-hybridized carbons (Fsp3) is 1.00. The molecule has 0 aromatic rings. The maximum Gasteiger partial charge on any atom is 0.324 e. The van der Waals surface area contributed by atoms with Crippen molar-refractivity contribution in [2.45, 2.75) is 72.1 Å². The second-order valence-electron chi connectivity index (χ2n) is 4.32. The highest BCUT2D eigenvalue weighted by atomic mass is 28.3. The zero-order chi connectivity index (χ0) is 11.1. The minimum Gasteiger partial charge on any atom is -0.394 e. The summed E-state index contributed by atoms with van der Waals surface area (Å²) < 4.78 is 11.9. The van der Waals surface area contributed by atoms with Gasteiger partial charge in [-0.15, -0.1) is 0 Å². The Morgan fingerprint density at radius 1 is 0.857 bits per heavy atom. The van der Waals surface area contributed by atoms with Crippen molar-refractivity contribution in [3.05, 3.63) is 0 Å². The van der Waals surface area contributed by atoms with Crippen LogP contribution in [0.25, 0.3) is 0 Å². The second-order valence-corrected chi connectivity index (χ2v) is 6.94. The van der Waals surface area contributed by atoms with Crippen LogP contribution in [0.15, 0.2) is 0 Å². The van der Waals surface area contributed by atoms with Gasteiger partial charge in [-0.25, -0.2) is 0 Å². The lowest BCUT2D eigenvalue weighted by atomic mass is 10.3. The number of rotatable bonds is 7. The van der Waals surface area contributed by atoms with E-state index in [0.717, 1.165) is 12.8 Å². The first kappa shape index (κ1) is 14.1. The molecule has 0 aromatic heterocycles. The Kier molecular flexibility index (Phi) is 7.50. The molecule has 0 spiro atoms. The summed E-state index contributed by atoms with van der Waals surface area (Å²) >= 11 is 0. The maximum atomic E-state index is 5.95. The molecule has 0 saturated carbocycles. The zero-order valence-electron chi connectivity index (χ0n) is 10.5. The van der Waals surface area contributed by atoms with Crippen LogP contribution in [0.2, 0.25) is 5.54 Å². The first-order chi connectivity index (χ1) is 6.51. The van der Waals surface area contributed by atoms with E-state index < -0.39 is 9.28 Å². The summed E-state index contributed by atoms with van der Waals surface area (Å²) in [5.41, 5.74) is 0.554. The predicted octanol–water partition coefficient (Wildman–Crippen LogP) is 3.25. The molecule has 2 nitrogen and oxygen atoms in total. The molecule has 14 heavy (non-hydrogen) atoms. The van der Waals surface area contributed by atoms with Crippen molar-refractivity contribution < 1.29 is 8.85 Å². The third kappa shape index (κ3) is 5.78. The molecule has 0 saturated heterocycles. The van der Waals surface area contributed by atoms with E-state index in [1.807, 2.05) is 0 Å². The lowest BCUT2D eigenvalue weighted by molar-refractivity contribution is 0.106. The molecule has 0 aliphatic carbocycles. The van der Waals surface area contributed by atoms with Crippen molar-refractivity contribution in [1.29, 1.82) is 0 Å². The van der Waals surface area contributed by atoms with Gasteiger partial charge in [0.05, 0.1) is 0 Å². The molecule has 2 atom stereocenters. The van der Waals surface area contributed by atoms with E-state index in [-0.39, 0.29) is 0 Å². The molecule has 0 radical (unpaired) electrons. The molecule has 0 N–H and O–H groups in total. The summed E-state index contributed by atoms with van der Waals surface area (Å²) in [6, 6.07) is 0. The number of hydrogen-bond donors (Lipinski definition) is 0. The van der Waals surface area contributed by atoms with Crippen LogP contribution in [0, 0.1) is 0 Å². The van der Waals surface area contributed by atoms with Gasteiger partial charge in [0.25, 0.3) is 0 Å². The Morgan fingerprint density at radius 3 is 1.43 bits per heavy atom. The monoisotopic (exact) mass is 218 g/mol. The molecule has 3 heteroatoms. The maximum absolute atomic E-state index is 5.95. The molecule has 2 unspecified atom stereocenters. The SMILES string of the molecule is CCC(C)O[SiH](OC(C)CC)C(C)C. The lowest BCUT2D eigenvalue weighted by Crippen LogP contribution is -2.33. The summed E-state index contributed by atoms with van der Waals surface area (Å²) in [6.07, 6.45) is 2.83. The van der Waals surface area contributed by atoms with Gasteiger partial charge in [0.15, 0.2) is 0 Å². The molecule has 0 rings (SSSR count). The van der Waals surface area contributed by atoms with Crippen molar-refractivity contribution in [3.63, 3.8) is 0 Å². The van der Waals surface area contributed by atoms with E-state index in [9.17, 15) is 0 Å². The summed E-state index contributed by atoms with van der Waals surface area (Å²) in [5.74, 6) is 0. The third-order valence-electron chi connectivity index (χ3n) is 2.43. The summed E-state index contributed by atoms with van der Waals surface area (Å²) in [5, 5.41) is 0. The van der Waals surface area contributed by atoms with Crippen LogP contribution in [0.5, 0.6) is 0 Å². The summed E-state index contributed by atoms with van der Waals surface area (Å²) in [4.78, 5) is 0. The number of hydrogen-bond acceptors (Lipinski definition) is 2. The topological polar surface area (TPSA) is 18.5 Å². The Labute approximate surface area is 90.8 Å². The molecule has 0 aromatic carbocycles. The Balaban J connectivity index is 4.02. The molecule has 86 valence electrons. The molecule has 0 aliphatic heterocycles. The molecule has 0 heterocycles. The van der Waals surface area contributed by atoms with Crippen molar-refractivity contribution in [2.75, 3.05) is 0 Å². The smallest absolute Gasteiger partial charge is 0.324 e. The standard InChI is InChI=1S/C11H26O2Si/c1-7-10(5)12-14(9(3)4)13-11(6)8-2/h9-11,14H,7-8H2,1-6H3. The fourth-order valence-electron chi connectivity index (χ4n) is 0.997. The molecule has 0 amide bonds. The Morgan fingerprint density at radius 2 is 1.21 bits per heavy atom. The highest BCUT2D eigenvalue weighted by molar-refractivity contribution is 6.46. The van der Waals surface area contributed by atoms with Gasteiger partial charge in [-0.3, -0.25) is 0 Å². The minimum absolute atomic E-state index is 0.345. The first-order valence-electron chi connectivity index (χ1n) is 5.82. The van der Waals surface area contributed by atoms with Gasteiger partial charge in [-0.2, -0.15) is 0 Å². The third-order valence-corrected chi connectivity index (χ3v) is 4.98. The molecule has 0 fully saturated rings. The average Bonchev–Trinajstić information content (AvgIpc) is 2.16. The van der Waals surface area contributed by atoms with Gasteiger partial charge in [0.2, 0.25) is 0 Å². The van der Waals surface area contributed by atoms with Crippen LogP contribution in [-0.4, -0.2) is 21.5 Å². The Hall–Kier alpha value is 0.137. The van der Waals surface area contributed by atoms with Crippen LogP contribution in [0.4, 0.5) is 0 Å². The van der Waals surface area contributed by atoms with E-state index in [1.165, 1.54) is 0 Å². The summed E-state index contributed by atoms with van der Waals surface area (Å²) in [6.45, 7) is 13.0. The van der Waals surface area contributed by atoms with Gasteiger partial charge < -0.3 is 8.85 Å². The van der Waals surface area contributed by atoms with Gasteiger partial charge in [-0.05, 0) is 32.2 Å².